The number of benzene rings is 2. The van der Waals surface area contributed by atoms with Gasteiger partial charge in [0, 0.05) is 15.8 Å². The number of anilines is 1. The molecule has 2 aromatic heterocycles. The molecule has 0 aliphatic heterocycles. The van der Waals surface area contributed by atoms with Crippen LogP contribution in [0.15, 0.2) is 54.6 Å². The molecule has 1 amide bonds. The van der Waals surface area contributed by atoms with Crippen LogP contribution in [0.4, 0.5) is 5.00 Å². The highest BCUT2D eigenvalue weighted by Crippen LogP contribution is 2.39. The first-order chi connectivity index (χ1) is 18.3. The second kappa shape index (κ2) is 10.9. The number of carbonyl (C=O) groups excluding carboxylic acids is 2. The van der Waals surface area contributed by atoms with E-state index < -0.39 is 5.97 Å². The number of ether oxygens (including phenoxy) is 2. The Morgan fingerprint density at radius 1 is 1.08 bits per heavy atom. The molecule has 0 saturated carbocycles. The van der Waals surface area contributed by atoms with Gasteiger partial charge >= 0.3 is 5.97 Å². The summed E-state index contributed by atoms with van der Waals surface area (Å²) in [5.41, 5.74) is 4.11. The van der Waals surface area contributed by atoms with Gasteiger partial charge in [0.05, 0.1) is 35.6 Å². The van der Waals surface area contributed by atoms with Crippen molar-refractivity contribution in [2.75, 3.05) is 12.4 Å². The average Bonchev–Trinajstić information content (AvgIpc) is 3.48. The molecule has 0 radical (unpaired) electrons. The molecule has 1 aliphatic rings. The molecular weight excluding hydrogens is 518 g/mol. The summed E-state index contributed by atoms with van der Waals surface area (Å²) in [5.74, 6) is -0.0526. The third-order valence-electron chi connectivity index (χ3n) is 6.23. The van der Waals surface area contributed by atoms with E-state index in [-0.39, 0.29) is 17.1 Å². The predicted octanol–water partition coefficient (Wildman–Crippen LogP) is 6.15. The Balaban J connectivity index is 1.44. The van der Waals surface area contributed by atoms with Crippen LogP contribution in [0.5, 0.6) is 5.75 Å². The molecular formula is C29H27N3O4S2. The molecule has 1 aliphatic carbocycles. The molecule has 2 heterocycles. The van der Waals surface area contributed by atoms with Gasteiger partial charge in [-0.25, -0.2) is 9.78 Å². The number of carbonyl (C=O) groups is 2. The maximum Gasteiger partial charge on any atom is 0.341 e. The Morgan fingerprint density at radius 2 is 1.89 bits per heavy atom. The lowest BCUT2D eigenvalue weighted by Crippen LogP contribution is -2.34. The van der Waals surface area contributed by atoms with E-state index in [2.05, 4.69) is 10.6 Å². The summed E-state index contributed by atoms with van der Waals surface area (Å²) in [7, 11) is 1.36. The summed E-state index contributed by atoms with van der Waals surface area (Å²) >= 11 is 6.97. The van der Waals surface area contributed by atoms with E-state index in [4.69, 9.17) is 26.7 Å². The Bertz CT molecular complexity index is 1560. The molecule has 0 atom stereocenters. The van der Waals surface area contributed by atoms with Crippen LogP contribution in [0.2, 0.25) is 0 Å². The normalized spacial score (nSPS) is 12.3. The van der Waals surface area contributed by atoms with Crippen LogP contribution in [0, 0.1) is 0 Å². The summed E-state index contributed by atoms with van der Waals surface area (Å²) in [5, 5.41) is 7.25. The first kappa shape index (κ1) is 25.8. The van der Waals surface area contributed by atoms with Crippen molar-refractivity contribution in [3.8, 4) is 17.0 Å². The number of aryl methyl sites for hydroxylation is 1. The van der Waals surface area contributed by atoms with Crippen LogP contribution in [0.25, 0.3) is 22.2 Å². The number of pyridine rings is 1. The van der Waals surface area contributed by atoms with Gasteiger partial charge in [-0.15, -0.1) is 11.3 Å². The minimum Gasteiger partial charge on any atom is -0.491 e. The largest absolute Gasteiger partial charge is 0.491 e. The molecule has 9 heteroatoms. The van der Waals surface area contributed by atoms with Gasteiger partial charge in [0.15, 0.2) is 5.11 Å². The topological polar surface area (TPSA) is 89.6 Å². The van der Waals surface area contributed by atoms with Gasteiger partial charge in [0.2, 0.25) is 0 Å². The molecule has 0 bridgehead atoms. The number of rotatable bonds is 6. The molecule has 7 nitrogen and oxygen atoms in total. The first-order valence-electron chi connectivity index (χ1n) is 12.4. The van der Waals surface area contributed by atoms with E-state index in [1.54, 1.807) is 6.07 Å². The third kappa shape index (κ3) is 5.25. The molecule has 38 heavy (non-hydrogen) atoms. The summed E-state index contributed by atoms with van der Waals surface area (Å²) < 4.78 is 10.8. The molecule has 2 N–H and O–H groups in total. The fourth-order valence-electron chi connectivity index (χ4n) is 4.63. The van der Waals surface area contributed by atoms with Crippen molar-refractivity contribution >= 4 is 56.4 Å². The molecule has 0 spiro atoms. The maximum atomic E-state index is 13.5. The van der Waals surface area contributed by atoms with Crippen molar-refractivity contribution < 1.29 is 19.1 Å². The second-order valence-corrected chi connectivity index (χ2v) is 10.7. The van der Waals surface area contributed by atoms with Crippen molar-refractivity contribution in [2.24, 2.45) is 0 Å². The number of methoxy groups -OCH3 is 1. The number of aromatic nitrogens is 1. The number of para-hydroxylation sites is 1. The maximum absolute atomic E-state index is 13.5. The summed E-state index contributed by atoms with van der Waals surface area (Å²) in [6.07, 6.45) is 2.79. The Morgan fingerprint density at radius 3 is 2.68 bits per heavy atom. The van der Waals surface area contributed by atoms with Crippen LogP contribution in [0.3, 0.4) is 0 Å². The number of nitrogens with zero attached hydrogens (tertiary/aromatic N) is 1. The number of hydrogen-bond acceptors (Lipinski definition) is 7. The smallest absolute Gasteiger partial charge is 0.341 e. The number of thiocarbonyl (C=S) groups is 1. The van der Waals surface area contributed by atoms with E-state index in [0.29, 0.717) is 32.7 Å². The lowest BCUT2D eigenvalue weighted by molar-refractivity contribution is 0.0601. The standard InChI is InChI=1S/C29H27N3O4S2/c1-16(2)36-18-9-6-8-17(14-18)23-15-21(19-10-4-5-12-22(19)30-23)26(33)31-29(37)32-27-25(28(34)35-3)20-11-7-13-24(20)38-27/h4-6,8-10,12,14-16H,7,11,13H2,1-3H3,(H2,31,32,33,37). The van der Waals surface area contributed by atoms with E-state index in [0.717, 1.165) is 41.0 Å². The van der Waals surface area contributed by atoms with E-state index >= 15 is 0 Å². The van der Waals surface area contributed by atoms with Gasteiger partial charge < -0.3 is 14.8 Å². The molecule has 0 fully saturated rings. The molecule has 5 rings (SSSR count). The van der Waals surface area contributed by atoms with Gasteiger partial charge in [0.1, 0.15) is 10.8 Å². The third-order valence-corrected chi connectivity index (χ3v) is 7.64. The fraction of sp³-hybridized carbons (Fsp3) is 0.241. The zero-order chi connectivity index (χ0) is 26.8. The van der Waals surface area contributed by atoms with Gasteiger partial charge in [0.25, 0.3) is 5.91 Å². The monoisotopic (exact) mass is 545 g/mol. The molecule has 0 unspecified atom stereocenters. The average molecular weight is 546 g/mol. The SMILES string of the molecule is COC(=O)c1c(NC(=S)NC(=O)c2cc(-c3cccc(OC(C)C)c3)nc3ccccc23)sc2c1CCC2. The van der Waals surface area contributed by atoms with E-state index in [9.17, 15) is 9.59 Å². The predicted molar refractivity (Wildman–Crippen MR) is 154 cm³/mol. The quantitative estimate of drug-likeness (QED) is 0.222. The first-order valence-corrected chi connectivity index (χ1v) is 13.6. The zero-order valence-corrected chi connectivity index (χ0v) is 22.9. The van der Waals surface area contributed by atoms with Gasteiger partial charge in [-0.2, -0.15) is 0 Å². The fourth-order valence-corrected chi connectivity index (χ4v) is 6.17. The van der Waals surface area contributed by atoms with Crippen LogP contribution in [-0.2, 0) is 17.6 Å². The van der Waals surface area contributed by atoms with Crippen molar-refractivity contribution in [3.05, 3.63) is 76.2 Å². The van der Waals surface area contributed by atoms with Crippen LogP contribution in [0.1, 0.15) is 51.4 Å². The summed E-state index contributed by atoms with van der Waals surface area (Å²) in [4.78, 5) is 31.9. The number of thiophene rings is 1. The van der Waals surface area contributed by atoms with Crippen molar-refractivity contribution in [2.45, 2.75) is 39.2 Å². The Kier molecular flexibility index (Phi) is 7.40. The lowest BCUT2D eigenvalue weighted by atomic mass is 10.0. The van der Waals surface area contributed by atoms with Crippen molar-refractivity contribution in [1.82, 2.24) is 10.3 Å². The van der Waals surface area contributed by atoms with Crippen LogP contribution >= 0.6 is 23.6 Å². The lowest BCUT2D eigenvalue weighted by Gasteiger charge is -2.14. The Hall–Kier alpha value is -3.82. The summed E-state index contributed by atoms with van der Waals surface area (Å²) in [6.45, 7) is 3.94. The highest BCUT2D eigenvalue weighted by molar-refractivity contribution is 7.80. The number of esters is 1. The number of hydrogen-bond donors (Lipinski definition) is 2. The Labute approximate surface area is 230 Å². The van der Waals surface area contributed by atoms with Crippen molar-refractivity contribution in [1.29, 1.82) is 0 Å². The molecule has 194 valence electrons. The summed E-state index contributed by atoms with van der Waals surface area (Å²) in [6, 6.07) is 16.9. The number of nitrogens with one attached hydrogen (secondary N) is 2. The highest BCUT2D eigenvalue weighted by Gasteiger charge is 2.28. The molecule has 0 saturated heterocycles. The molecule has 4 aromatic rings. The van der Waals surface area contributed by atoms with E-state index in [1.807, 2.05) is 62.4 Å². The minimum atomic E-state index is -0.408. The highest BCUT2D eigenvalue weighted by atomic mass is 32.1. The van der Waals surface area contributed by atoms with Crippen molar-refractivity contribution in [3.63, 3.8) is 0 Å². The van der Waals surface area contributed by atoms with Gasteiger partial charge in [-0.05, 0) is 75.2 Å². The van der Waals surface area contributed by atoms with E-state index in [1.165, 1.54) is 18.4 Å². The number of fused-ring (bicyclic) bond motifs is 2. The molecule has 2 aromatic carbocycles. The second-order valence-electron chi connectivity index (χ2n) is 9.23. The van der Waals surface area contributed by atoms with Gasteiger partial charge in [-0.3, -0.25) is 10.1 Å². The van der Waals surface area contributed by atoms with Crippen LogP contribution in [-0.4, -0.2) is 35.2 Å². The minimum absolute atomic E-state index is 0.0360. The van der Waals surface area contributed by atoms with Crippen LogP contribution < -0.4 is 15.4 Å². The van der Waals surface area contributed by atoms with Gasteiger partial charge in [-0.1, -0.05) is 30.3 Å². The number of amides is 1. The zero-order valence-electron chi connectivity index (χ0n) is 21.3.